The molecule has 2 N–H and O–H groups in total. The monoisotopic (exact) mass is 342 g/mol. The number of halogens is 2. The molecule has 2 rings (SSSR count). The van der Waals surface area contributed by atoms with Gasteiger partial charge >= 0.3 is 0 Å². The number of carbonyl (C=O) groups is 1. The lowest BCUT2D eigenvalue weighted by Crippen LogP contribution is -2.36. The van der Waals surface area contributed by atoms with Crippen LogP contribution in [0.25, 0.3) is 0 Å². The highest BCUT2D eigenvalue weighted by Gasteiger charge is 2.30. The van der Waals surface area contributed by atoms with Gasteiger partial charge in [-0.2, -0.15) is 0 Å². The van der Waals surface area contributed by atoms with Gasteiger partial charge in [0.05, 0.1) is 0 Å². The predicted octanol–water partition coefficient (Wildman–Crippen LogP) is 3.89. The van der Waals surface area contributed by atoms with E-state index in [1.54, 1.807) is 12.1 Å². The smallest absolute Gasteiger partial charge is 0.226 e. The van der Waals surface area contributed by atoms with E-state index in [4.69, 9.17) is 5.73 Å². The molecule has 0 saturated heterocycles. The molecule has 0 aliphatic heterocycles. The maximum Gasteiger partial charge on any atom is 0.226 e. The summed E-state index contributed by atoms with van der Waals surface area (Å²) in [6.07, 6.45) is 5.91. The van der Waals surface area contributed by atoms with Crippen LogP contribution < -0.4 is 5.73 Å². The van der Waals surface area contributed by atoms with Crippen LogP contribution in [-0.4, -0.2) is 23.4 Å². The first-order chi connectivity index (χ1) is 10.6. The van der Waals surface area contributed by atoms with Gasteiger partial charge < -0.3 is 10.6 Å². The molecule has 0 radical (unpaired) electrons. The van der Waals surface area contributed by atoms with Crippen LogP contribution in [-0.2, 0) is 11.3 Å². The van der Waals surface area contributed by atoms with Crippen molar-refractivity contribution in [2.24, 2.45) is 11.7 Å². The van der Waals surface area contributed by atoms with E-state index >= 15 is 0 Å². The zero-order valence-electron chi connectivity index (χ0n) is 13.8. The zero-order valence-corrected chi connectivity index (χ0v) is 14.7. The predicted molar refractivity (Wildman–Crippen MR) is 93.9 cm³/mol. The Labute approximate surface area is 144 Å². The van der Waals surface area contributed by atoms with E-state index in [0.29, 0.717) is 6.54 Å². The molecule has 23 heavy (non-hydrogen) atoms. The van der Waals surface area contributed by atoms with Gasteiger partial charge in [-0.1, -0.05) is 31.9 Å². The Kier molecular flexibility index (Phi) is 8.56. The quantitative estimate of drug-likeness (QED) is 0.764. The molecule has 3 nitrogen and oxygen atoms in total. The summed E-state index contributed by atoms with van der Waals surface area (Å²) in [5.74, 6) is 0.0415. The highest BCUT2D eigenvalue weighted by molar-refractivity contribution is 5.85. The van der Waals surface area contributed by atoms with Gasteiger partial charge in [-0.3, -0.25) is 4.79 Å². The van der Waals surface area contributed by atoms with Gasteiger partial charge in [-0.25, -0.2) is 4.39 Å². The Balaban J connectivity index is 0.00000264. The van der Waals surface area contributed by atoms with Crippen LogP contribution in [0.2, 0.25) is 0 Å². The number of rotatable bonds is 7. The molecule has 1 aliphatic carbocycles. The Morgan fingerprint density at radius 3 is 2.52 bits per heavy atom. The summed E-state index contributed by atoms with van der Waals surface area (Å²) in [6, 6.07) is 6.59. The fraction of sp³-hybridized carbons (Fsp3) is 0.611. The van der Waals surface area contributed by atoms with E-state index in [9.17, 15) is 9.18 Å². The van der Waals surface area contributed by atoms with Crippen molar-refractivity contribution >= 4 is 18.3 Å². The number of hydrogen-bond donors (Lipinski definition) is 1. The molecule has 2 unspecified atom stereocenters. The van der Waals surface area contributed by atoms with E-state index in [2.05, 4.69) is 6.92 Å². The molecule has 1 aliphatic rings. The molecule has 5 heteroatoms. The largest absolute Gasteiger partial charge is 0.338 e. The summed E-state index contributed by atoms with van der Waals surface area (Å²) in [5, 5.41) is 0. The van der Waals surface area contributed by atoms with Crippen LogP contribution in [0.4, 0.5) is 4.39 Å². The summed E-state index contributed by atoms with van der Waals surface area (Å²) in [7, 11) is 0. The van der Waals surface area contributed by atoms with Crippen molar-refractivity contribution in [2.45, 2.75) is 58.0 Å². The van der Waals surface area contributed by atoms with Gasteiger partial charge in [-0.15, -0.1) is 12.4 Å². The van der Waals surface area contributed by atoms with Crippen molar-refractivity contribution in [1.82, 2.24) is 4.90 Å². The minimum absolute atomic E-state index is 0. The van der Waals surface area contributed by atoms with Crippen molar-refractivity contribution in [2.75, 3.05) is 6.54 Å². The molecule has 0 heterocycles. The number of nitrogens with zero attached hydrogens (tertiary/aromatic N) is 1. The molecule has 130 valence electrons. The third-order valence-corrected chi connectivity index (χ3v) is 4.45. The molecular formula is C18H28ClFN2O. The second kappa shape index (κ2) is 9.89. The minimum atomic E-state index is -0.241. The lowest BCUT2D eigenvalue weighted by molar-refractivity contribution is -0.136. The average molecular weight is 343 g/mol. The highest BCUT2D eigenvalue weighted by atomic mass is 35.5. The summed E-state index contributed by atoms with van der Waals surface area (Å²) < 4.78 is 13.0. The molecule has 1 amide bonds. The number of benzene rings is 1. The molecule has 1 saturated carbocycles. The minimum Gasteiger partial charge on any atom is -0.338 e. The van der Waals surface area contributed by atoms with Crippen molar-refractivity contribution in [3.05, 3.63) is 35.6 Å². The van der Waals surface area contributed by atoms with Crippen molar-refractivity contribution < 1.29 is 9.18 Å². The molecule has 0 spiro atoms. The number of hydrogen-bond acceptors (Lipinski definition) is 2. The fourth-order valence-electron chi connectivity index (χ4n) is 3.13. The summed E-state index contributed by atoms with van der Waals surface area (Å²) in [4.78, 5) is 14.7. The maximum absolute atomic E-state index is 13.0. The lowest BCUT2D eigenvalue weighted by atomic mass is 10.0. The first-order valence-electron chi connectivity index (χ1n) is 8.39. The van der Waals surface area contributed by atoms with Crippen LogP contribution in [0.1, 0.15) is 51.0 Å². The first kappa shape index (κ1) is 19.9. The Morgan fingerprint density at radius 1 is 1.26 bits per heavy atom. The van der Waals surface area contributed by atoms with Crippen LogP contribution in [0, 0.1) is 11.7 Å². The first-order valence-corrected chi connectivity index (χ1v) is 8.39. The van der Waals surface area contributed by atoms with Gasteiger partial charge in [0.25, 0.3) is 0 Å². The molecule has 1 fully saturated rings. The average Bonchev–Trinajstić information content (AvgIpc) is 2.94. The molecular weight excluding hydrogens is 315 g/mol. The van der Waals surface area contributed by atoms with Gasteiger partial charge in [0, 0.05) is 25.0 Å². The maximum atomic E-state index is 13.0. The van der Waals surface area contributed by atoms with Gasteiger partial charge in [0.15, 0.2) is 0 Å². The summed E-state index contributed by atoms with van der Waals surface area (Å²) in [6.45, 7) is 3.49. The Bertz CT molecular complexity index is 480. The highest BCUT2D eigenvalue weighted by Crippen LogP contribution is 2.27. The SMILES string of the molecule is CCCCCN(Cc1ccc(F)cc1)C(=O)C1CCC(N)C1.Cl. The molecule has 0 aromatic heterocycles. The summed E-state index contributed by atoms with van der Waals surface area (Å²) in [5.41, 5.74) is 6.92. The van der Waals surface area contributed by atoms with Crippen molar-refractivity contribution in [1.29, 1.82) is 0 Å². The third kappa shape index (κ3) is 6.11. The number of nitrogens with two attached hydrogens (primary N) is 1. The number of carbonyl (C=O) groups excluding carboxylic acids is 1. The number of amides is 1. The van der Waals surface area contributed by atoms with Crippen molar-refractivity contribution in [3.8, 4) is 0 Å². The zero-order chi connectivity index (χ0) is 15.9. The number of unbranched alkanes of at least 4 members (excludes halogenated alkanes) is 2. The Morgan fingerprint density at radius 2 is 1.96 bits per heavy atom. The second-order valence-corrected chi connectivity index (χ2v) is 6.36. The Hall–Kier alpha value is -1.13. The van der Waals surface area contributed by atoms with Crippen LogP contribution in [0.15, 0.2) is 24.3 Å². The van der Waals surface area contributed by atoms with E-state index < -0.39 is 0 Å². The van der Waals surface area contributed by atoms with Gasteiger partial charge in [0.2, 0.25) is 5.91 Å². The van der Waals surface area contributed by atoms with Crippen molar-refractivity contribution in [3.63, 3.8) is 0 Å². The second-order valence-electron chi connectivity index (χ2n) is 6.36. The fourth-order valence-corrected chi connectivity index (χ4v) is 3.13. The van der Waals surface area contributed by atoms with E-state index in [1.807, 2.05) is 4.90 Å². The van der Waals surface area contributed by atoms with Crippen LogP contribution in [0.3, 0.4) is 0 Å². The van der Waals surface area contributed by atoms with E-state index in [-0.39, 0.29) is 36.1 Å². The van der Waals surface area contributed by atoms with E-state index in [1.165, 1.54) is 12.1 Å². The molecule has 0 bridgehead atoms. The van der Waals surface area contributed by atoms with Gasteiger partial charge in [-0.05, 0) is 43.4 Å². The third-order valence-electron chi connectivity index (χ3n) is 4.45. The lowest BCUT2D eigenvalue weighted by Gasteiger charge is -2.26. The normalized spacial score (nSPS) is 20.1. The molecule has 1 aromatic rings. The molecule has 1 aromatic carbocycles. The molecule has 2 atom stereocenters. The van der Waals surface area contributed by atoms with E-state index in [0.717, 1.165) is 50.6 Å². The topological polar surface area (TPSA) is 46.3 Å². The van der Waals surface area contributed by atoms with Crippen LogP contribution >= 0.6 is 12.4 Å². The van der Waals surface area contributed by atoms with Gasteiger partial charge in [0.1, 0.15) is 5.82 Å². The van der Waals surface area contributed by atoms with Crippen LogP contribution in [0.5, 0.6) is 0 Å². The summed E-state index contributed by atoms with van der Waals surface area (Å²) >= 11 is 0. The standard InChI is InChI=1S/C18H27FN2O.ClH/c1-2-3-4-11-21(13-14-5-8-16(19)9-6-14)18(22)15-7-10-17(20)12-15;/h5-6,8-9,15,17H,2-4,7,10-13,20H2,1H3;1H.